The van der Waals surface area contributed by atoms with Crippen molar-refractivity contribution in [3.05, 3.63) is 59.7 Å². The lowest BCUT2D eigenvalue weighted by Gasteiger charge is -2.08. The fourth-order valence-corrected chi connectivity index (χ4v) is 2.55. The second kappa shape index (κ2) is 4.57. The normalized spacial score (nSPS) is 10.9. The number of ketones is 2. The summed E-state index contributed by atoms with van der Waals surface area (Å²) in [6.45, 7) is 3.06. The summed E-state index contributed by atoms with van der Waals surface area (Å²) in [6.07, 6.45) is 0. The summed E-state index contributed by atoms with van der Waals surface area (Å²) in [6, 6.07) is 15.6. The van der Waals surface area contributed by atoms with E-state index in [9.17, 15) is 9.59 Å². The maximum Gasteiger partial charge on any atom is 0.160 e. The van der Waals surface area contributed by atoms with Crippen molar-refractivity contribution in [2.45, 2.75) is 13.8 Å². The van der Waals surface area contributed by atoms with Crippen molar-refractivity contribution < 1.29 is 9.59 Å². The molecule has 98 valence electrons. The van der Waals surface area contributed by atoms with Crippen LogP contribution in [0.4, 0.5) is 0 Å². The first kappa shape index (κ1) is 12.5. The number of fused-ring (bicyclic) bond motifs is 2. The summed E-state index contributed by atoms with van der Waals surface area (Å²) < 4.78 is 0. The molecule has 0 saturated heterocycles. The summed E-state index contributed by atoms with van der Waals surface area (Å²) in [5, 5.41) is 4.04. The van der Waals surface area contributed by atoms with Crippen LogP contribution in [0.1, 0.15) is 34.6 Å². The van der Waals surface area contributed by atoms with Gasteiger partial charge in [-0.1, -0.05) is 24.3 Å². The van der Waals surface area contributed by atoms with E-state index in [1.807, 2.05) is 42.5 Å². The van der Waals surface area contributed by atoms with Gasteiger partial charge in [0.1, 0.15) is 0 Å². The number of Topliss-reactive ketones (excluding diaryl/α,β-unsaturated/α-hetero) is 2. The zero-order valence-corrected chi connectivity index (χ0v) is 11.4. The molecule has 0 aliphatic rings. The topological polar surface area (TPSA) is 34.1 Å². The van der Waals surface area contributed by atoms with Gasteiger partial charge in [-0.15, -0.1) is 0 Å². The smallest absolute Gasteiger partial charge is 0.160 e. The molecule has 0 aliphatic heterocycles. The van der Waals surface area contributed by atoms with Crippen LogP contribution in [0.5, 0.6) is 0 Å². The lowest BCUT2D eigenvalue weighted by molar-refractivity contribution is 0.101. The molecule has 0 fully saturated rings. The Morgan fingerprint density at radius 3 is 2.00 bits per heavy atom. The average Bonchev–Trinajstić information content (AvgIpc) is 2.43. The minimum absolute atomic E-state index is 0.0200. The molecule has 0 radical (unpaired) electrons. The molecule has 3 aromatic carbocycles. The van der Waals surface area contributed by atoms with Crippen molar-refractivity contribution >= 4 is 33.1 Å². The number of carbonyl (C=O) groups excluding carboxylic acids is 2. The quantitative estimate of drug-likeness (QED) is 0.506. The third-order valence-electron chi connectivity index (χ3n) is 3.60. The number of rotatable bonds is 2. The zero-order chi connectivity index (χ0) is 14.3. The molecule has 3 aromatic rings. The van der Waals surface area contributed by atoms with Crippen LogP contribution < -0.4 is 0 Å². The van der Waals surface area contributed by atoms with Crippen LogP contribution in [0.3, 0.4) is 0 Å². The van der Waals surface area contributed by atoms with Gasteiger partial charge in [0.25, 0.3) is 0 Å². The highest BCUT2D eigenvalue weighted by Gasteiger charge is 2.11. The molecule has 0 aliphatic carbocycles. The van der Waals surface area contributed by atoms with Crippen molar-refractivity contribution in [1.82, 2.24) is 0 Å². The third-order valence-corrected chi connectivity index (χ3v) is 3.60. The molecule has 0 amide bonds. The summed E-state index contributed by atoms with van der Waals surface area (Å²) in [5.74, 6) is -0.0454. The second-order valence-electron chi connectivity index (χ2n) is 5.06. The summed E-state index contributed by atoms with van der Waals surface area (Å²) in [5.41, 5.74) is 1.19. The van der Waals surface area contributed by atoms with Gasteiger partial charge in [-0.05, 0) is 59.7 Å². The first-order valence-electron chi connectivity index (χ1n) is 6.54. The van der Waals surface area contributed by atoms with E-state index in [-0.39, 0.29) is 11.6 Å². The highest BCUT2D eigenvalue weighted by atomic mass is 16.1. The Hall–Kier alpha value is -2.48. The van der Waals surface area contributed by atoms with Gasteiger partial charge in [0.2, 0.25) is 0 Å². The van der Waals surface area contributed by atoms with E-state index in [4.69, 9.17) is 0 Å². The number of benzene rings is 3. The highest BCUT2D eigenvalue weighted by molar-refractivity contribution is 6.13. The monoisotopic (exact) mass is 262 g/mol. The fraction of sp³-hybridized carbons (Fsp3) is 0.111. The van der Waals surface area contributed by atoms with Gasteiger partial charge in [0.15, 0.2) is 11.6 Å². The number of hydrogen-bond acceptors (Lipinski definition) is 2. The molecule has 0 saturated carbocycles. The molecule has 0 heterocycles. The van der Waals surface area contributed by atoms with Crippen molar-refractivity contribution in [2.75, 3.05) is 0 Å². The Kier molecular flexibility index (Phi) is 2.87. The van der Waals surface area contributed by atoms with Crippen LogP contribution in [-0.2, 0) is 0 Å². The van der Waals surface area contributed by atoms with E-state index in [2.05, 4.69) is 0 Å². The van der Waals surface area contributed by atoms with Gasteiger partial charge in [-0.2, -0.15) is 0 Å². The summed E-state index contributed by atoms with van der Waals surface area (Å²) >= 11 is 0. The lowest BCUT2D eigenvalue weighted by Crippen LogP contribution is -1.99. The largest absolute Gasteiger partial charge is 0.295 e. The van der Waals surface area contributed by atoms with Crippen LogP contribution in [0.15, 0.2) is 48.5 Å². The molecule has 0 atom stereocenters. The van der Waals surface area contributed by atoms with Crippen LogP contribution in [-0.4, -0.2) is 11.6 Å². The van der Waals surface area contributed by atoms with Crippen molar-refractivity contribution in [3.8, 4) is 0 Å². The SMILES string of the molecule is CC(=O)c1cc(C(C)=O)c2cc3ccccc3cc2c1. The summed E-state index contributed by atoms with van der Waals surface area (Å²) in [4.78, 5) is 23.5. The molecule has 0 spiro atoms. The Balaban J connectivity index is 2.46. The van der Waals surface area contributed by atoms with E-state index in [1.165, 1.54) is 13.8 Å². The third kappa shape index (κ3) is 1.99. The fourth-order valence-electron chi connectivity index (χ4n) is 2.55. The van der Waals surface area contributed by atoms with Crippen LogP contribution in [0.2, 0.25) is 0 Å². The maximum atomic E-state index is 11.9. The Bertz CT molecular complexity index is 860. The van der Waals surface area contributed by atoms with Gasteiger partial charge < -0.3 is 0 Å². The molecule has 0 N–H and O–H groups in total. The van der Waals surface area contributed by atoms with Gasteiger partial charge >= 0.3 is 0 Å². The van der Waals surface area contributed by atoms with Gasteiger partial charge in [0.05, 0.1) is 0 Å². The van der Waals surface area contributed by atoms with Crippen molar-refractivity contribution in [2.24, 2.45) is 0 Å². The molecule has 2 nitrogen and oxygen atoms in total. The van der Waals surface area contributed by atoms with Gasteiger partial charge in [-0.3, -0.25) is 9.59 Å². The van der Waals surface area contributed by atoms with Crippen molar-refractivity contribution in [1.29, 1.82) is 0 Å². The first-order chi connectivity index (χ1) is 9.56. The Labute approximate surface area is 117 Å². The van der Waals surface area contributed by atoms with Crippen LogP contribution in [0.25, 0.3) is 21.5 Å². The van der Waals surface area contributed by atoms with Crippen molar-refractivity contribution in [3.63, 3.8) is 0 Å². The molecule has 3 rings (SSSR count). The van der Waals surface area contributed by atoms with E-state index in [0.29, 0.717) is 11.1 Å². The number of carbonyl (C=O) groups is 2. The average molecular weight is 262 g/mol. The van der Waals surface area contributed by atoms with E-state index < -0.39 is 0 Å². The molecule has 0 aromatic heterocycles. The van der Waals surface area contributed by atoms with Crippen LogP contribution >= 0.6 is 0 Å². The van der Waals surface area contributed by atoms with Gasteiger partial charge in [-0.25, -0.2) is 0 Å². The molecule has 0 bridgehead atoms. The molecule has 20 heavy (non-hydrogen) atoms. The standard InChI is InChI=1S/C18H14O2/c1-11(19)15-8-16-7-13-5-3-4-6-14(13)9-18(16)17(10-15)12(2)20/h3-10H,1-2H3. The minimum atomic E-state index is -0.0254. The van der Waals surface area contributed by atoms with Crippen LogP contribution in [0, 0.1) is 0 Å². The molecule has 0 unspecified atom stereocenters. The maximum absolute atomic E-state index is 11.9. The number of hydrogen-bond donors (Lipinski definition) is 0. The predicted molar refractivity (Wildman–Crippen MR) is 81.5 cm³/mol. The van der Waals surface area contributed by atoms with E-state index in [0.717, 1.165) is 21.5 Å². The molecular weight excluding hydrogens is 248 g/mol. The molecular formula is C18H14O2. The Morgan fingerprint density at radius 1 is 0.750 bits per heavy atom. The predicted octanol–water partition coefficient (Wildman–Crippen LogP) is 4.40. The van der Waals surface area contributed by atoms with E-state index in [1.54, 1.807) is 6.07 Å². The highest BCUT2D eigenvalue weighted by Crippen LogP contribution is 2.27. The molecule has 2 heteroatoms. The summed E-state index contributed by atoms with van der Waals surface area (Å²) in [7, 11) is 0. The van der Waals surface area contributed by atoms with Gasteiger partial charge in [0, 0.05) is 11.1 Å². The lowest BCUT2D eigenvalue weighted by atomic mass is 9.94. The van der Waals surface area contributed by atoms with E-state index >= 15 is 0 Å². The Morgan fingerprint density at radius 2 is 1.40 bits per heavy atom. The second-order valence-corrected chi connectivity index (χ2v) is 5.06. The zero-order valence-electron chi connectivity index (χ0n) is 11.4. The first-order valence-corrected chi connectivity index (χ1v) is 6.54. The minimum Gasteiger partial charge on any atom is -0.295 e.